The van der Waals surface area contributed by atoms with Gasteiger partial charge in [-0.2, -0.15) is 4.98 Å². The van der Waals surface area contributed by atoms with E-state index in [-0.39, 0.29) is 0 Å². The van der Waals surface area contributed by atoms with E-state index in [4.69, 9.17) is 25.6 Å². The van der Waals surface area contributed by atoms with Crippen LogP contribution in [-0.2, 0) is 0 Å². The van der Waals surface area contributed by atoms with Crippen LogP contribution in [0.3, 0.4) is 0 Å². The van der Waals surface area contributed by atoms with Crippen LogP contribution in [0.2, 0.25) is 5.02 Å². The molecule has 0 N–H and O–H groups in total. The molecule has 0 spiro atoms. The third-order valence-corrected chi connectivity index (χ3v) is 4.54. The van der Waals surface area contributed by atoms with Crippen LogP contribution >= 0.6 is 11.6 Å². The molecule has 0 amide bonds. The van der Waals surface area contributed by atoms with Crippen LogP contribution in [0, 0.1) is 0 Å². The van der Waals surface area contributed by atoms with Crippen LogP contribution < -0.4 is 9.47 Å². The number of ether oxygens (including phenoxy) is 2. The molecule has 6 nitrogen and oxygen atoms in total. The molecule has 0 atom stereocenters. The van der Waals surface area contributed by atoms with Gasteiger partial charge in [0, 0.05) is 5.56 Å². The minimum Gasteiger partial charge on any atom is -0.497 e. The molecule has 0 unspecified atom stereocenters. The summed E-state index contributed by atoms with van der Waals surface area (Å²) in [7, 11) is 3.19. The summed E-state index contributed by atoms with van der Waals surface area (Å²) in [4.78, 5) is 9.03. The quantitative estimate of drug-likeness (QED) is 0.467. The van der Waals surface area contributed by atoms with Gasteiger partial charge in [-0.1, -0.05) is 28.9 Å². The molecule has 0 aliphatic carbocycles. The Hall–Kier alpha value is -3.38. The minimum atomic E-state index is 0.335. The molecule has 2 heterocycles. The van der Waals surface area contributed by atoms with E-state index >= 15 is 0 Å². The highest BCUT2D eigenvalue weighted by Gasteiger charge is 2.17. The van der Waals surface area contributed by atoms with Crippen LogP contribution in [0.4, 0.5) is 0 Å². The van der Waals surface area contributed by atoms with E-state index in [9.17, 15) is 0 Å². The summed E-state index contributed by atoms with van der Waals surface area (Å²) in [6.45, 7) is 0. The summed E-state index contributed by atoms with van der Waals surface area (Å²) in [6, 6.07) is 18.7. The SMILES string of the molecule is COc1ccc(-c2ccc(-c3noc(-c4ccccc4Cl)n3)c(OC)n2)cc1. The van der Waals surface area contributed by atoms with Crippen molar-refractivity contribution in [3.63, 3.8) is 0 Å². The van der Waals surface area contributed by atoms with Crippen LogP contribution in [0.15, 0.2) is 65.2 Å². The second-order valence-corrected chi connectivity index (χ2v) is 6.29. The van der Waals surface area contributed by atoms with Crippen molar-refractivity contribution in [3.05, 3.63) is 65.7 Å². The van der Waals surface area contributed by atoms with E-state index < -0.39 is 0 Å². The number of pyridine rings is 1. The fourth-order valence-corrected chi connectivity index (χ4v) is 2.98. The summed E-state index contributed by atoms with van der Waals surface area (Å²) < 4.78 is 16.0. The van der Waals surface area contributed by atoms with Crippen molar-refractivity contribution in [2.24, 2.45) is 0 Å². The van der Waals surface area contributed by atoms with Gasteiger partial charge in [0.2, 0.25) is 11.7 Å². The average Bonchev–Trinajstić information content (AvgIpc) is 3.23. The molecule has 0 bridgehead atoms. The Morgan fingerprint density at radius 1 is 0.821 bits per heavy atom. The summed E-state index contributed by atoms with van der Waals surface area (Å²) >= 11 is 6.21. The monoisotopic (exact) mass is 393 g/mol. The van der Waals surface area contributed by atoms with E-state index in [1.54, 1.807) is 20.3 Å². The molecular weight excluding hydrogens is 378 g/mol. The predicted octanol–water partition coefficient (Wildman–Crippen LogP) is 5.14. The zero-order valence-electron chi connectivity index (χ0n) is 15.2. The number of halogens is 1. The lowest BCUT2D eigenvalue weighted by Crippen LogP contribution is -1.95. The van der Waals surface area contributed by atoms with Crippen LogP contribution in [0.1, 0.15) is 0 Å². The number of hydrogen-bond acceptors (Lipinski definition) is 6. The first-order valence-electron chi connectivity index (χ1n) is 8.48. The molecule has 28 heavy (non-hydrogen) atoms. The number of methoxy groups -OCH3 is 2. The molecular formula is C21H16ClN3O3. The highest BCUT2D eigenvalue weighted by molar-refractivity contribution is 6.33. The first-order valence-corrected chi connectivity index (χ1v) is 8.86. The third kappa shape index (κ3) is 3.42. The van der Waals surface area contributed by atoms with Crippen molar-refractivity contribution >= 4 is 11.6 Å². The first kappa shape index (κ1) is 18.0. The largest absolute Gasteiger partial charge is 0.497 e. The number of rotatable bonds is 5. The summed E-state index contributed by atoms with van der Waals surface area (Å²) in [5, 5.41) is 4.60. The van der Waals surface area contributed by atoms with Gasteiger partial charge in [-0.15, -0.1) is 0 Å². The lowest BCUT2D eigenvalue weighted by Gasteiger charge is -2.08. The van der Waals surface area contributed by atoms with Gasteiger partial charge < -0.3 is 14.0 Å². The molecule has 2 aromatic heterocycles. The molecule has 0 aliphatic rings. The Balaban J connectivity index is 1.70. The molecule has 0 saturated heterocycles. The van der Waals surface area contributed by atoms with Crippen LogP contribution in [0.25, 0.3) is 34.1 Å². The Morgan fingerprint density at radius 2 is 1.61 bits per heavy atom. The van der Waals surface area contributed by atoms with Gasteiger partial charge in [0.05, 0.1) is 36.1 Å². The van der Waals surface area contributed by atoms with Crippen molar-refractivity contribution in [1.82, 2.24) is 15.1 Å². The molecule has 4 aromatic rings. The maximum absolute atomic E-state index is 6.21. The van der Waals surface area contributed by atoms with E-state index in [1.807, 2.05) is 54.6 Å². The minimum absolute atomic E-state index is 0.335. The number of benzene rings is 2. The van der Waals surface area contributed by atoms with Gasteiger partial charge in [0.15, 0.2) is 0 Å². The zero-order valence-corrected chi connectivity index (χ0v) is 16.0. The lowest BCUT2D eigenvalue weighted by molar-refractivity contribution is 0.398. The number of aromatic nitrogens is 3. The Kier molecular flexibility index (Phi) is 4.95. The topological polar surface area (TPSA) is 70.3 Å². The van der Waals surface area contributed by atoms with Gasteiger partial charge in [-0.25, -0.2) is 4.98 Å². The van der Waals surface area contributed by atoms with Crippen LogP contribution in [-0.4, -0.2) is 29.3 Å². The molecule has 0 aliphatic heterocycles. The van der Waals surface area contributed by atoms with Crippen molar-refractivity contribution in [2.45, 2.75) is 0 Å². The molecule has 0 radical (unpaired) electrons. The average molecular weight is 394 g/mol. The van der Waals surface area contributed by atoms with Gasteiger partial charge in [-0.3, -0.25) is 0 Å². The van der Waals surface area contributed by atoms with E-state index in [0.29, 0.717) is 33.7 Å². The molecule has 0 fully saturated rings. The maximum Gasteiger partial charge on any atom is 0.259 e. The zero-order chi connectivity index (χ0) is 19.5. The second-order valence-electron chi connectivity index (χ2n) is 5.88. The van der Waals surface area contributed by atoms with Crippen LogP contribution in [0.5, 0.6) is 11.6 Å². The van der Waals surface area contributed by atoms with E-state index in [0.717, 1.165) is 17.0 Å². The predicted molar refractivity (Wildman–Crippen MR) is 107 cm³/mol. The summed E-state index contributed by atoms with van der Waals surface area (Å²) in [5.74, 6) is 1.90. The molecule has 140 valence electrons. The Labute approximate surface area is 166 Å². The van der Waals surface area contributed by atoms with E-state index in [1.165, 1.54) is 0 Å². The first-order chi connectivity index (χ1) is 13.7. The Morgan fingerprint density at radius 3 is 2.32 bits per heavy atom. The number of nitrogens with zero attached hydrogens (tertiary/aromatic N) is 3. The fourth-order valence-electron chi connectivity index (χ4n) is 2.77. The number of hydrogen-bond donors (Lipinski definition) is 0. The summed E-state index contributed by atoms with van der Waals surface area (Å²) in [5.41, 5.74) is 3.00. The molecule has 4 rings (SSSR count). The molecule has 2 aromatic carbocycles. The van der Waals surface area contributed by atoms with E-state index in [2.05, 4.69) is 15.1 Å². The lowest BCUT2D eigenvalue weighted by atomic mass is 10.1. The van der Waals surface area contributed by atoms with Crippen molar-refractivity contribution in [1.29, 1.82) is 0 Å². The second kappa shape index (κ2) is 7.70. The van der Waals surface area contributed by atoms with Crippen molar-refractivity contribution in [2.75, 3.05) is 14.2 Å². The van der Waals surface area contributed by atoms with Crippen molar-refractivity contribution < 1.29 is 14.0 Å². The normalized spacial score (nSPS) is 10.7. The van der Waals surface area contributed by atoms with Gasteiger partial charge >= 0.3 is 0 Å². The fraction of sp³-hybridized carbons (Fsp3) is 0.0952. The third-order valence-electron chi connectivity index (χ3n) is 4.21. The highest BCUT2D eigenvalue weighted by Crippen LogP contribution is 2.32. The Bertz CT molecular complexity index is 1110. The van der Waals surface area contributed by atoms with Gasteiger partial charge in [-0.05, 0) is 48.5 Å². The highest BCUT2D eigenvalue weighted by atomic mass is 35.5. The van der Waals surface area contributed by atoms with Crippen molar-refractivity contribution in [3.8, 4) is 45.7 Å². The maximum atomic E-state index is 6.21. The smallest absolute Gasteiger partial charge is 0.259 e. The van der Waals surface area contributed by atoms with Gasteiger partial charge in [0.25, 0.3) is 5.89 Å². The molecule has 7 heteroatoms. The molecule has 0 saturated carbocycles. The standard InChI is InChI=1S/C21H16ClN3O3/c1-26-14-9-7-13(8-10-14)18-12-11-16(20(23-18)27-2)19-24-21(28-25-19)15-5-3-4-6-17(15)22/h3-12H,1-2H3. The van der Waals surface area contributed by atoms with Gasteiger partial charge in [0.1, 0.15) is 5.75 Å². The summed E-state index contributed by atoms with van der Waals surface area (Å²) in [6.07, 6.45) is 0.